The molecule has 8 heteroatoms. The molecule has 0 aromatic carbocycles. The van der Waals surface area contributed by atoms with Crippen LogP contribution in [0.5, 0.6) is 0 Å². The van der Waals surface area contributed by atoms with Crippen LogP contribution in [0.25, 0.3) is 0 Å². The van der Waals surface area contributed by atoms with Crippen molar-refractivity contribution in [3.05, 3.63) is 34.3 Å². The van der Waals surface area contributed by atoms with Crippen LogP contribution in [-0.2, 0) is 23.2 Å². The zero-order chi connectivity index (χ0) is 13.9. The summed E-state index contributed by atoms with van der Waals surface area (Å²) in [5.41, 5.74) is 0.653. The van der Waals surface area contributed by atoms with E-state index in [0.29, 0.717) is 17.0 Å². The fraction of sp³-hybridized carbons (Fsp3) is 0.364. The number of aliphatic hydroxyl groups is 1. The Morgan fingerprint density at radius 3 is 2.95 bits per heavy atom. The normalized spacial score (nSPS) is 11.9. The number of aryl methyl sites for hydroxylation is 1. The van der Waals surface area contributed by atoms with Gasteiger partial charge >= 0.3 is 0 Å². The molecule has 19 heavy (non-hydrogen) atoms. The molecule has 2 aromatic heterocycles. The van der Waals surface area contributed by atoms with Crippen LogP contribution in [0.3, 0.4) is 0 Å². The third-order valence-electron chi connectivity index (χ3n) is 2.59. The van der Waals surface area contributed by atoms with Crippen molar-refractivity contribution in [2.75, 3.05) is 6.54 Å². The Labute approximate surface area is 115 Å². The number of rotatable bonds is 6. The van der Waals surface area contributed by atoms with Crippen LogP contribution in [0.2, 0.25) is 0 Å². The van der Waals surface area contributed by atoms with Crippen LogP contribution in [-0.4, -0.2) is 29.8 Å². The van der Waals surface area contributed by atoms with E-state index in [2.05, 4.69) is 9.82 Å². The molecule has 0 saturated heterocycles. The first-order chi connectivity index (χ1) is 9.04. The number of nitrogens with zero attached hydrogens (tertiary/aromatic N) is 2. The zero-order valence-corrected chi connectivity index (χ0v) is 12.0. The van der Waals surface area contributed by atoms with Gasteiger partial charge in [0.15, 0.2) is 0 Å². The van der Waals surface area contributed by atoms with Crippen LogP contribution in [0.15, 0.2) is 28.7 Å². The fourth-order valence-corrected chi connectivity index (χ4v) is 4.44. The summed E-state index contributed by atoms with van der Waals surface area (Å²) >= 11 is 1.25. The van der Waals surface area contributed by atoms with E-state index in [0.717, 1.165) is 0 Å². The predicted octanol–water partition coefficient (Wildman–Crippen LogP) is 0.724. The van der Waals surface area contributed by atoms with Gasteiger partial charge in [0.25, 0.3) is 0 Å². The molecule has 0 unspecified atom stereocenters. The Morgan fingerprint density at radius 1 is 1.53 bits per heavy atom. The van der Waals surface area contributed by atoms with Crippen molar-refractivity contribution in [2.45, 2.75) is 25.0 Å². The molecule has 0 fully saturated rings. The van der Waals surface area contributed by atoms with Crippen molar-refractivity contribution in [3.63, 3.8) is 0 Å². The number of sulfonamides is 1. The molecule has 0 aliphatic carbocycles. The first-order valence-corrected chi connectivity index (χ1v) is 8.06. The molecule has 0 saturated carbocycles. The molecule has 2 aromatic rings. The summed E-state index contributed by atoms with van der Waals surface area (Å²) in [6, 6.07) is 1.78. The van der Waals surface area contributed by atoms with Gasteiger partial charge in [0.1, 0.15) is 4.90 Å². The molecule has 0 atom stereocenters. The van der Waals surface area contributed by atoms with E-state index in [1.807, 2.05) is 0 Å². The number of thiophene rings is 1. The standard InChI is InChI=1S/C11H15N3O3S2/c1-9-8-18-10(7-15)11(9)19(16,17)13-4-6-14-5-2-3-12-14/h2-3,5,8,13,15H,4,6-7H2,1H3. The van der Waals surface area contributed by atoms with E-state index >= 15 is 0 Å². The highest BCUT2D eigenvalue weighted by atomic mass is 32.2. The Kier molecular flexibility index (Phi) is 4.35. The lowest BCUT2D eigenvalue weighted by molar-refractivity contribution is 0.282. The third-order valence-corrected chi connectivity index (χ3v) is 5.50. The second kappa shape index (κ2) is 5.83. The van der Waals surface area contributed by atoms with E-state index in [9.17, 15) is 13.5 Å². The lowest BCUT2D eigenvalue weighted by Gasteiger charge is -2.08. The van der Waals surface area contributed by atoms with Gasteiger partial charge in [-0.2, -0.15) is 5.10 Å². The Balaban J connectivity index is 2.07. The summed E-state index contributed by atoms with van der Waals surface area (Å²) in [5, 5.41) is 14.9. The second-order valence-electron chi connectivity index (χ2n) is 4.00. The van der Waals surface area contributed by atoms with Crippen LogP contribution >= 0.6 is 11.3 Å². The van der Waals surface area contributed by atoms with Crippen molar-refractivity contribution in [3.8, 4) is 0 Å². The van der Waals surface area contributed by atoms with E-state index in [1.54, 1.807) is 35.4 Å². The molecule has 2 heterocycles. The molecule has 2 N–H and O–H groups in total. The van der Waals surface area contributed by atoms with Crippen LogP contribution < -0.4 is 4.72 Å². The van der Waals surface area contributed by atoms with Gasteiger partial charge in [-0.25, -0.2) is 13.1 Å². The maximum atomic E-state index is 12.2. The molecule has 2 rings (SSSR count). The minimum absolute atomic E-state index is 0.195. The summed E-state index contributed by atoms with van der Waals surface area (Å²) in [5.74, 6) is 0. The van der Waals surface area contributed by atoms with Crippen LogP contribution in [0.1, 0.15) is 10.4 Å². The number of hydrogen-bond acceptors (Lipinski definition) is 5. The van der Waals surface area contributed by atoms with Crippen molar-refractivity contribution >= 4 is 21.4 Å². The number of aromatic nitrogens is 2. The minimum Gasteiger partial charge on any atom is -0.391 e. The third kappa shape index (κ3) is 3.21. The highest BCUT2D eigenvalue weighted by molar-refractivity contribution is 7.89. The molecule has 0 radical (unpaired) electrons. The topological polar surface area (TPSA) is 84.2 Å². The summed E-state index contributed by atoms with van der Waals surface area (Å²) in [4.78, 5) is 0.657. The van der Waals surface area contributed by atoms with Gasteiger partial charge in [-0.3, -0.25) is 4.68 Å². The number of hydrogen-bond donors (Lipinski definition) is 2. The highest BCUT2D eigenvalue weighted by Gasteiger charge is 2.22. The van der Waals surface area contributed by atoms with Gasteiger partial charge in [0, 0.05) is 18.9 Å². The van der Waals surface area contributed by atoms with Crippen molar-refractivity contribution in [2.24, 2.45) is 0 Å². The van der Waals surface area contributed by atoms with Gasteiger partial charge < -0.3 is 5.11 Å². The molecule has 6 nitrogen and oxygen atoms in total. The lowest BCUT2D eigenvalue weighted by Crippen LogP contribution is -2.28. The average molecular weight is 301 g/mol. The quantitative estimate of drug-likeness (QED) is 0.823. The van der Waals surface area contributed by atoms with Gasteiger partial charge in [0.2, 0.25) is 10.0 Å². The minimum atomic E-state index is -3.58. The summed E-state index contributed by atoms with van der Waals surface area (Å²) < 4.78 is 28.5. The smallest absolute Gasteiger partial charge is 0.242 e. The molecular weight excluding hydrogens is 286 g/mol. The van der Waals surface area contributed by atoms with E-state index < -0.39 is 10.0 Å². The average Bonchev–Trinajstić information content (AvgIpc) is 2.98. The first kappa shape index (κ1) is 14.2. The van der Waals surface area contributed by atoms with Gasteiger partial charge in [-0.15, -0.1) is 11.3 Å². The second-order valence-corrected chi connectivity index (χ2v) is 6.66. The predicted molar refractivity (Wildman–Crippen MR) is 72.4 cm³/mol. The van der Waals surface area contributed by atoms with Crippen molar-refractivity contribution in [1.29, 1.82) is 0 Å². The fourth-order valence-electron chi connectivity index (χ4n) is 1.76. The SMILES string of the molecule is Cc1csc(CO)c1S(=O)(=O)NCCn1cccn1. The maximum Gasteiger partial charge on any atom is 0.242 e. The van der Waals surface area contributed by atoms with E-state index in [1.165, 1.54) is 11.3 Å². The van der Waals surface area contributed by atoms with Crippen molar-refractivity contribution < 1.29 is 13.5 Å². The van der Waals surface area contributed by atoms with E-state index in [4.69, 9.17) is 0 Å². The molecular formula is C11H15N3O3S2. The van der Waals surface area contributed by atoms with Gasteiger partial charge in [-0.1, -0.05) is 0 Å². The van der Waals surface area contributed by atoms with E-state index in [-0.39, 0.29) is 18.0 Å². The lowest BCUT2D eigenvalue weighted by atomic mass is 10.3. The summed E-state index contributed by atoms with van der Waals surface area (Å²) in [6.45, 7) is 2.17. The molecule has 0 amide bonds. The number of nitrogens with one attached hydrogen (secondary N) is 1. The first-order valence-electron chi connectivity index (χ1n) is 5.69. The Morgan fingerprint density at radius 2 is 2.32 bits per heavy atom. The highest BCUT2D eigenvalue weighted by Crippen LogP contribution is 2.26. The molecule has 0 spiro atoms. The molecule has 0 bridgehead atoms. The molecule has 0 aliphatic heterocycles. The Hall–Kier alpha value is -1.22. The summed E-state index contributed by atoms with van der Waals surface area (Å²) in [7, 11) is -3.58. The maximum absolute atomic E-state index is 12.2. The molecule has 0 aliphatic rings. The Bertz CT molecular complexity index is 632. The zero-order valence-electron chi connectivity index (χ0n) is 10.4. The summed E-state index contributed by atoms with van der Waals surface area (Å²) in [6.07, 6.45) is 3.41. The largest absolute Gasteiger partial charge is 0.391 e. The van der Waals surface area contributed by atoms with Crippen molar-refractivity contribution in [1.82, 2.24) is 14.5 Å². The van der Waals surface area contributed by atoms with Gasteiger partial charge in [0.05, 0.1) is 18.0 Å². The van der Waals surface area contributed by atoms with Crippen LogP contribution in [0, 0.1) is 6.92 Å². The molecule has 104 valence electrons. The van der Waals surface area contributed by atoms with Gasteiger partial charge in [-0.05, 0) is 23.9 Å². The van der Waals surface area contributed by atoms with Crippen LogP contribution in [0.4, 0.5) is 0 Å². The number of aliphatic hydroxyl groups excluding tert-OH is 1. The monoisotopic (exact) mass is 301 g/mol.